The van der Waals surface area contributed by atoms with Gasteiger partial charge in [-0.1, -0.05) is 0 Å². The first-order chi connectivity index (χ1) is 7.32. The molecule has 1 unspecified atom stereocenters. The second-order valence-corrected chi connectivity index (χ2v) is 3.10. The van der Waals surface area contributed by atoms with Crippen LogP contribution < -0.4 is 0 Å². The van der Waals surface area contributed by atoms with Gasteiger partial charge in [0, 0.05) is 19.1 Å². The summed E-state index contributed by atoms with van der Waals surface area (Å²) in [5.74, 6) is -3.39. The number of hydrogen-bond donors (Lipinski definition) is 1. The van der Waals surface area contributed by atoms with Gasteiger partial charge in [-0.3, -0.25) is 9.59 Å². The number of rotatable bonds is 6. The number of carbonyl (C=O) groups is 4. The smallest absolute Gasteiger partial charge is 0.331 e. The van der Waals surface area contributed by atoms with Crippen LogP contribution in [0.25, 0.3) is 0 Å². The Morgan fingerprint density at radius 2 is 1.81 bits per heavy atom. The molecule has 6 nitrogen and oxygen atoms in total. The van der Waals surface area contributed by atoms with E-state index < -0.39 is 29.6 Å². The van der Waals surface area contributed by atoms with Crippen LogP contribution in [0.15, 0.2) is 12.2 Å². The molecule has 0 aromatic carbocycles. The molecule has 0 aromatic rings. The third-order valence-electron chi connectivity index (χ3n) is 1.54. The zero-order chi connectivity index (χ0) is 12.7. The van der Waals surface area contributed by atoms with Crippen molar-refractivity contribution in [3.8, 4) is 0 Å². The van der Waals surface area contributed by atoms with Crippen molar-refractivity contribution in [3.05, 3.63) is 12.2 Å². The summed E-state index contributed by atoms with van der Waals surface area (Å²) >= 11 is 0. The van der Waals surface area contributed by atoms with E-state index in [-0.39, 0.29) is 6.42 Å². The summed E-state index contributed by atoms with van der Waals surface area (Å²) in [6.45, 7) is 2.56. The Kier molecular flexibility index (Phi) is 5.69. The molecule has 88 valence electrons. The van der Waals surface area contributed by atoms with Crippen molar-refractivity contribution in [3.63, 3.8) is 0 Å². The van der Waals surface area contributed by atoms with E-state index in [0.29, 0.717) is 6.08 Å². The summed E-state index contributed by atoms with van der Waals surface area (Å²) in [4.78, 5) is 42.6. The standard InChI is InChI=1S/C10H12O6/c1-6(5-8(12)7(2)11)16-10(15)4-3-9(13)14/h3-4,6H,5H2,1-2H3,(H,13,14)/b4-3-. The van der Waals surface area contributed by atoms with Gasteiger partial charge < -0.3 is 9.84 Å². The average molecular weight is 228 g/mol. The lowest BCUT2D eigenvalue weighted by atomic mass is 10.1. The lowest BCUT2D eigenvalue weighted by Crippen LogP contribution is -2.21. The normalized spacial score (nSPS) is 12.1. The van der Waals surface area contributed by atoms with E-state index in [1.165, 1.54) is 6.92 Å². The van der Waals surface area contributed by atoms with E-state index in [2.05, 4.69) is 4.74 Å². The molecule has 6 heteroatoms. The topological polar surface area (TPSA) is 97.7 Å². The molecule has 0 spiro atoms. The summed E-state index contributed by atoms with van der Waals surface area (Å²) in [6.07, 6.45) is 0.392. The molecule has 0 saturated carbocycles. The minimum atomic E-state index is -1.27. The highest BCUT2D eigenvalue weighted by Gasteiger charge is 2.15. The summed E-state index contributed by atoms with van der Waals surface area (Å²) in [5, 5.41) is 8.22. The number of carbonyl (C=O) groups excluding carboxylic acids is 3. The van der Waals surface area contributed by atoms with Crippen LogP contribution in [0.1, 0.15) is 20.3 Å². The van der Waals surface area contributed by atoms with E-state index >= 15 is 0 Å². The van der Waals surface area contributed by atoms with Gasteiger partial charge in [0.1, 0.15) is 6.10 Å². The molecule has 0 aliphatic rings. The third-order valence-corrected chi connectivity index (χ3v) is 1.54. The number of esters is 1. The second-order valence-electron chi connectivity index (χ2n) is 3.10. The van der Waals surface area contributed by atoms with Gasteiger partial charge in [0.25, 0.3) is 0 Å². The maximum absolute atomic E-state index is 10.9. The molecule has 0 saturated heterocycles. The van der Waals surface area contributed by atoms with Crippen LogP contribution in [0.4, 0.5) is 0 Å². The Bertz CT molecular complexity index is 341. The lowest BCUT2D eigenvalue weighted by Gasteiger charge is -2.09. The summed E-state index contributed by atoms with van der Waals surface area (Å²) in [6, 6.07) is 0. The predicted octanol–water partition coefficient (Wildman–Crippen LogP) is 0.107. The monoisotopic (exact) mass is 228 g/mol. The Balaban J connectivity index is 4.10. The number of ketones is 2. The van der Waals surface area contributed by atoms with Gasteiger partial charge in [-0.25, -0.2) is 9.59 Å². The van der Waals surface area contributed by atoms with Crippen molar-refractivity contribution in [1.82, 2.24) is 0 Å². The quantitative estimate of drug-likeness (QED) is 0.393. The first-order valence-corrected chi connectivity index (χ1v) is 4.48. The van der Waals surface area contributed by atoms with Crippen LogP contribution in [0, 0.1) is 0 Å². The molecule has 0 rings (SSSR count). The van der Waals surface area contributed by atoms with Crippen molar-refractivity contribution in [2.45, 2.75) is 26.4 Å². The third kappa shape index (κ3) is 6.47. The summed E-state index contributed by atoms with van der Waals surface area (Å²) < 4.78 is 4.66. The minimum Gasteiger partial charge on any atom is -0.478 e. The maximum Gasteiger partial charge on any atom is 0.331 e. The first kappa shape index (κ1) is 14.0. The zero-order valence-corrected chi connectivity index (χ0v) is 8.93. The Morgan fingerprint density at radius 1 is 1.25 bits per heavy atom. The van der Waals surface area contributed by atoms with E-state index in [1.807, 2.05) is 0 Å². The van der Waals surface area contributed by atoms with Crippen LogP contribution in [0.3, 0.4) is 0 Å². The molecule has 16 heavy (non-hydrogen) atoms. The van der Waals surface area contributed by atoms with Gasteiger partial charge in [0.05, 0.1) is 6.42 Å². The molecule has 0 bridgehead atoms. The number of ether oxygens (including phenoxy) is 1. The SMILES string of the molecule is CC(=O)C(=O)CC(C)OC(=O)/C=C\C(=O)O. The van der Waals surface area contributed by atoms with E-state index in [0.717, 1.165) is 13.0 Å². The van der Waals surface area contributed by atoms with Crippen molar-refractivity contribution < 1.29 is 29.0 Å². The van der Waals surface area contributed by atoms with Crippen LogP contribution in [0.2, 0.25) is 0 Å². The highest BCUT2D eigenvalue weighted by Crippen LogP contribution is 2.00. The predicted molar refractivity (Wildman–Crippen MR) is 52.6 cm³/mol. The summed E-state index contributed by atoms with van der Waals surface area (Å²) in [5.41, 5.74) is 0. The molecule has 0 aliphatic carbocycles. The van der Waals surface area contributed by atoms with Crippen LogP contribution in [-0.4, -0.2) is 34.7 Å². The number of hydrogen-bond acceptors (Lipinski definition) is 5. The molecule has 1 N–H and O–H groups in total. The number of carboxylic acid groups (broad SMARTS) is 1. The van der Waals surface area contributed by atoms with Gasteiger partial charge in [-0.15, -0.1) is 0 Å². The molecular formula is C10H12O6. The molecule has 0 heterocycles. The molecule has 0 radical (unpaired) electrons. The molecule has 1 atom stereocenters. The fourth-order valence-electron chi connectivity index (χ4n) is 0.823. The molecule has 0 aliphatic heterocycles. The molecule has 0 fully saturated rings. The van der Waals surface area contributed by atoms with Crippen LogP contribution in [-0.2, 0) is 23.9 Å². The van der Waals surface area contributed by atoms with Crippen molar-refractivity contribution in [2.24, 2.45) is 0 Å². The van der Waals surface area contributed by atoms with Crippen molar-refractivity contribution in [1.29, 1.82) is 0 Å². The zero-order valence-electron chi connectivity index (χ0n) is 8.93. The van der Waals surface area contributed by atoms with E-state index in [4.69, 9.17) is 5.11 Å². The van der Waals surface area contributed by atoms with Gasteiger partial charge in [-0.2, -0.15) is 0 Å². The van der Waals surface area contributed by atoms with Crippen LogP contribution in [0.5, 0.6) is 0 Å². The largest absolute Gasteiger partial charge is 0.478 e. The number of Topliss-reactive ketones (excluding diaryl/α,β-unsaturated/α-hetero) is 2. The van der Waals surface area contributed by atoms with E-state index in [1.54, 1.807) is 0 Å². The van der Waals surface area contributed by atoms with Gasteiger partial charge in [0.2, 0.25) is 5.78 Å². The van der Waals surface area contributed by atoms with Crippen LogP contribution >= 0.6 is 0 Å². The van der Waals surface area contributed by atoms with Gasteiger partial charge in [-0.05, 0) is 6.92 Å². The minimum absolute atomic E-state index is 0.206. The maximum atomic E-state index is 10.9. The highest BCUT2D eigenvalue weighted by molar-refractivity contribution is 6.36. The van der Waals surface area contributed by atoms with Gasteiger partial charge in [0.15, 0.2) is 5.78 Å². The first-order valence-electron chi connectivity index (χ1n) is 4.48. The number of carboxylic acids is 1. The van der Waals surface area contributed by atoms with Crippen molar-refractivity contribution in [2.75, 3.05) is 0 Å². The Morgan fingerprint density at radius 3 is 2.25 bits per heavy atom. The average Bonchev–Trinajstić information content (AvgIpc) is 2.14. The van der Waals surface area contributed by atoms with E-state index in [9.17, 15) is 19.2 Å². The Labute approximate surface area is 91.9 Å². The second kappa shape index (κ2) is 6.49. The summed E-state index contributed by atoms with van der Waals surface area (Å²) in [7, 11) is 0. The fourth-order valence-corrected chi connectivity index (χ4v) is 0.823. The molecular weight excluding hydrogens is 216 g/mol. The highest BCUT2D eigenvalue weighted by atomic mass is 16.5. The molecule has 0 aromatic heterocycles. The fraction of sp³-hybridized carbons (Fsp3) is 0.400. The Hall–Kier alpha value is -1.98. The lowest BCUT2D eigenvalue weighted by molar-refractivity contribution is -0.145. The van der Waals surface area contributed by atoms with Gasteiger partial charge >= 0.3 is 11.9 Å². The van der Waals surface area contributed by atoms with Crippen molar-refractivity contribution >= 4 is 23.5 Å². The molecule has 0 amide bonds. The number of aliphatic carboxylic acids is 1.